The zero-order valence-corrected chi connectivity index (χ0v) is 23.0. The minimum Gasteiger partial charge on any atom is -0.497 e. The first kappa shape index (κ1) is 27.9. The van der Waals surface area contributed by atoms with Crippen molar-refractivity contribution in [1.82, 2.24) is 9.97 Å². The third-order valence-corrected chi connectivity index (χ3v) is 6.29. The number of amides is 1. The Morgan fingerprint density at radius 1 is 0.810 bits per heavy atom. The standard InChI is InChI=1S/C33H28N4O5/c1-40-26-10-6-7-22(17-26)11-16-29(38)23-12-14-25(15-13-23)36-32(39)20-42-31-18-27-28(19-30(31)41-2)34-21-35-33(27)37-24-8-4-3-5-9-24/h3-19,21H,20H2,1-2H3,(H,36,39)(H,34,35,37)/b16-11+. The zero-order chi connectivity index (χ0) is 29.3. The lowest BCUT2D eigenvalue weighted by Gasteiger charge is -2.14. The highest BCUT2D eigenvalue weighted by atomic mass is 16.5. The van der Waals surface area contributed by atoms with Crippen LogP contribution in [0.3, 0.4) is 0 Å². The van der Waals surface area contributed by atoms with E-state index in [0.29, 0.717) is 45.2 Å². The molecule has 9 nitrogen and oxygen atoms in total. The maximum atomic E-state index is 12.7. The number of nitrogens with one attached hydrogen (secondary N) is 2. The highest BCUT2D eigenvalue weighted by Crippen LogP contribution is 2.34. The van der Waals surface area contributed by atoms with Gasteiger partial charge in [-0.05, 0) is 66.2 Å². The second-order valence-electron chi connectivity index (χ2n) is 9.12. The maximum absolute atomic E-state index is 12.7. The number of hydrogen-bond donors (Lipinski definition) is 2. The van der Waals surface area contributed by atoms with Gasteiger partial charge in [0.05, 0.1) is 19.7 Å². The molecule has 0 aliphatic carbocycles. The molecule has 0 fully saturated rings. The topological polar surface area (TPSA) is 112 Å². The summed E-state index contributed by atoms with van der Waals surface area (Å²) in [6.45, 7) is -0.263. The van der Waals surface area contributed by atoms with Gasteiger partial charge in [0.2, 0.25) is 0 Å². The number of hydrogen-bond acceptors (Lipinski definition) is 8. The van der Waals surface area contributed by atoms with Crippen LogP contribution in [0.15, 0.2) is 103 Å². The first-order valence-corrected chi connectivity index (χ1v) is 13.1. The van der Waals surface area contributed by atoms with Gasteiger partial charge >= 0.3 is 0 Å². The number of carbonyl (C=O) groups is 2. The van der Waals surface area contributed by atoms with E-state index in [4.69, 9.17) is 14.2 Å². The van der Waals surface area contributed by atoms with E-state index < -0.39 is 0 Å². The van der Waals surface area contributed by atoms with Gasteiger partial charge in [0.1, 0.15) is 17.9 Å². The van der Waals surface area contributed by atoms with Crippen molar-refractivity contribution in [2.75, 3.05) is 31.5 Å². The van der Waals surface area contributed by atoms with Crippen LogP contribution in [-0.4, -0.2) is 42.5 Å². The molecule has 0 aliphatic heterocycles. The van der Waals surface area contributed by atoms with E-state index in [1.807, 2.05) is 54.6 Å². The van der Waals surface area contributed by atoms with Gasteiger partial charge in [0.15, 0.2) is 23.9 Å². The van der Waals surface area contributed by atoms with Gasteiger partial charge in [-0.25, -0.2) is 9.97 Å². The van der Waals surface area contributed by atoms with Crippen LogP contribution in [0, 0.1) is 0 Å². The molecular formula is C33H28N4O5. The first-order valence-electron chi connectivity index (χ1n) is 13.1. The van der Waals surface area contributed by atoms with E-state index in [1.54, 1.807) is 49.6 Å². The van der Waals surface area contributed by atoms with Crippen LogP contribution in [0.2, 0.25) is 0 Å². The van der Waals surface area contributed by atoms with Gasteiger partial charge in [-0.15, -0.1) is 0 Å². The second-order valence-corrected chi connectivity index (χ2v) is 9.12. The van der Waals surface area contributed by atoms with Crippen LogP contribution in [-0.2, 0) is 4.79 Å². The minimum atomic E-state index is -0.374. The fourth-order valence-corrected chi connectivity index (χ4v) is 4.17. The Balaban J connectivity index is 1.22. The number of carbonyl (C=O) groups excluding carboxylic acids is 2. The van der Waals surface area contributed by atoms with Crippen molar-refractivity contribution in [3.63, 3.8) is 0 Å². The Kier molecular flexibility index (Phi) is 8.69. The van der Waals surface area contributed by atoms with Crippen molar-refractivity contribution in [2.24, 2.45) is 0 Å². The third-order valence-electron chi connectivity index (χ3n) is 6.29. The Hall–Kier alpha value is -5.70. The molecule has 9 heteroatoms. The third kappa shape index (κ3) is 6.89. The molecule has 0 spiro atoms. The fourth-order valence-electron chi connectivity index (χ4n) is 4.17. The largest absolute Gasteiger partial charge is 0.497 e. The van der Waals surface area contributed by atoms with Crippen molar-refractivity contribution >= 4 is 45.9 Å². The number of allylic oxidation sites excluding steroid dienone is 1. The predicted octanol–water partition coefficient (Wildman–Crippen LogP) is 6.30. The Morgan fingerprint density at radius 2 is 1.62 bits per heavy atom. The fraction of sp³-hybridized carbons (Fsp3) is 0.0909. The number of anilines is 3. The molecule has 5 aromatic rings. The number of methoxy groups -OCH3 is 2. The molecule has 210 valence electrons. The molecule has 1 amide bonds. The lowest BCUT2D eigenvalue weighted by Crippen LogP contribution is -2.20. The highest BCUT2D eigenvalue weighted by molar-refractivity contribution is 6.07. The molecule has 1 aromatic heterocycles. The van der Waals surface area contributed by atoms with Crippen LogP contribution < -0.4 is 24.8 Å². The van der Waals surface area contributed by atoms with Gasteiger partial charge in [0.25, 0.3) is 5.91 Å². The monoisotopic (exact) mass is 560 g/mol. The van der Waals surface area contributed by atoms with Crippen molar-refractivity contribution in [2.45, 2.75) is 0 Å². The summed E-state index contributed by atoms with van der Waals surface area (Å²) < 4.78 is 16.5. The lowest BCUT2D eigenvalue weighted by atomic mass is 10.1. The minimum absolute atomic E-state index is 0.160. The molecule has 0 bridgehead atoms. The number of ketones is 1. The van der Waals surface area contributed by atoms with Crippen LogP contribution in [0.25, 0.3) is 17.0 Å². The summed E-state index contributed by atoms with van der Waals surface area (Å²) in [7, 11) is 3.11. The highest BCUT2D eigenvalue weighted by Gasteiger charge is 2.14. The summed E-state index contributed by atoms with van der Waals surface area (Å²) in [5.74, 6) is 1.58. The Bertz CT molecular complexity index is 1740. The van der Waals surface area contributed by atoms with E-state index in [-0.39, 0.29) is 18.3 Å². The molecule has 0 atom stereocenters. The average Bonchev–Trinajstić information content (AvgIpc) is 3.03. The number of ether oxygens (including phenoxy) is 3. The van der Waals surface area contributed by atoms with Crippen LogP contribution >= 0.6 is 0 Å². The predicted molar refractivity (Wildman–Crippen MR) is 163 cm³/mol. The van der Waals surface area contributed by atoms with E-state index in [2.05, 4.69) is 20.6 Å². The smallest absolute Gasteiger partial charge is 0.262 e. The van der Waals surface area contributed by atoms with Crippen molar-refractivity contribution in [3.05, 3.63) is 115 Å². The molecule has 0 saturated carbocycles. The summed E-state index contributed by atoms with van der Waals surface area (Å²) in [6, 6.07) is 27.2. The normalized spacial score (nSPS) is 10.8. The van der Waals surface area contributed by atoms with Gasteiger partial charge in [0, 0.05) is 28.4 Å². The van der Waals surface area contributed by atoms with E-state index in [1.165, 1.54) is 19.5 Å². The van der Waals surface area contributed by atoms with Crippen molar-refractivity contribution < 1.29 is 23.8 Å². The molecule has 0 aliphatic rings. The number of nitrogens with zero attached hydrogens (tertiary/aromatic N) is 2. The molecule has 5 rings (SSSR count). The molecular weight excluding hydrogens is 532 g/mol. The summed E-state index contributed by atoms with van der Waals surface area (Å²) in [5.41, 5.74) is 3.41. The molecule has 2 N–H and O–H groups in total. The van der Waals surface area contributed by atoms with Crippen LogP contribution in [0.1, 0.15) is 15.9 Å². The zero-order valence-electron chi connectivity index (χ0n) is 23.0. The number of rotatable bonds is 11. The number of aromatic nitrogens is 2. The number of benzene rings is 4. The van der Waals surface area contributed by atoms with E-state index in [0.717, 1.165) is 11.3 Å². The first-order chi connectivity index (χ1) is 20.5. The van der Waals surface area contributed by atoms with Gasteiger partial charge < -0.3 is 24.8 Å². The average molecular weight is 561 g/mol. The summed E-state index contributed by atoms with van der Waals surface area (Å²) in [6.07, 6.45) is 4.70. The van der Waals surface area contributed by atoms with Crippen LogP contribution in [0.5, 0.6) is 17.2 Å². The second kappa shape index (κ2) is 13.1. The molecule has 42 heavy (non-hydrogen) atoms. The molecule has 4 aromatic carbocycles. The molecule has 1 heterocycles. The van der Waals surface area contributed by atoms with Gasteiger partial charge in [-0.1, -0.05) is 36.4 Å². The molecule has 0 radical (unpaired) electrons. The van der Waals surface area contributed by atoms with E-state index in [9.17, 15) is 9.59 Å². The van der Waals surface area contributed by atoms with E-state index >= 15 is 0 Å². The van der Waals surface area contributed by atoms with Crippen molar-refractivity contribution in [3.8, 4) is 17.2 Å². The number of para-hydroxylation sites is 1. The quantitative estimate of drug-likeness (QED) is 0.143. The summed E-state index contributed by atoms with van der Waals surface area (Å²) in [4.78, 5) is 34.0. The Labute approximate surface area is 242 Å². The Morgan fingerprint density at radius 3 is 2.38 bits per heavy atom. The van der Waals surface area contributed by atoms with Crippen LogP contribution in [0.4, 0.5) is 17.2 Å². The number of fused-ring (bicyclic) bond motifs is 1. The van der Waals surface area contributed by atoms with Gasteiger partial charge in [-0.3, -0.25) is 9.59 Å². The SMILES string of the molecule is COc1cccc(/C=C/C(=O)c2ccc(NC(=O)COc3cc4c(Nc5ccccc5)ncnc4cc3OC)cc2)c1. The van der Waals surface area contributed by atoms with Gasteiger partial charge in [-0.2, -0.15) is 0 Å². The molecule has 0 saturated heterocycles. The van der Waals surface area contributed by atoms with Crippen molar-refractivity contribution in [1.29, 1.82) is 0 Å². The maximum Gasteiger partial charge on any atom is 0.262 e. The summed E-state index contributed by atoms with van der Waals surface area (Å²) >= 11 is 0. The summed E-state index contributed by atoms with van der Waals surface area (Å²) in [5, 5.41) is 6.77. The lowest BCUT2D eigenvalue weighted by molar-refractivity contribution is -0.118. The molecule has 0 unspecified atom stereocenters.